The number of carbonyl (C=O) groups excluding carboxylic acids is 2. The second-order valence-corrected chi connectivity index (χ2v) is 9.31. The summed E-state index contributed by atoms with van der Waals surface area (Å²) < 4.78 is 0.942. The smallest absolute Gasteiger partial charge is 0.257 e. The Morgan fingerprint density at radius 3 is 2.58 bits per heavy atom. The second kappa shape index (κ2) is 9.36. The summed E-state index contributed by atoms with van der Waals surface area (Å²) in [5, 5.41) is 14.1. The normalized spacial score (nSPS) is 13.8. The van der Waals surface area contributed by atoms with E-state index in [-0.39, 0.29) is 23.1 Å². The second-order valence-electron chi connectivity index (χ2n) is 6.90. The van der Waals surface area contributed by atoms with E-state index in [1.54, 1.807) is 34.3 Å². The number of hydrogen-bond acceptors (Lipinski definition) is 8. The van der Waals surface area contributed by atoms with E-state index in [4.69, 9.17) is 0 Å². The van der Waals surface area contributed by atoms with Gasteiger partial charge in [-0.25, -0.2) is 9.97 Å². The Kier molecular flexibility index (Phi) is 6.38. The van der Waals surface area contributed by atoms with Crippen molar-refractivity contribution in [2.75, 3.05) is 31.5 Å². The molecule has 3 aromatic rings. The van der Waals surface area contributed by atoms with Gasteiger partial charge in [0.15, 0.2) is 5.13 Å². The van der Waals surface area contributed by atoms with Gasteiger partial charge in [0, 0.05) is 44.2 Å². The maximum absolute atomic E-state index is 12.9. The molecule has 1 fully saturated rings. The molecule has 1 aliphatic heterocycles. The van der Waals surface area contributed by atoms with E-state index < -0.39 is 0 Å². The summed E-state index contributed by atoms with van der Waals surface area (Å²) in [6, 6.07) is 10.6. The molecule has 160 valence electrons. The van der Waals surface area contributed by atoms with Gasteiger partial charge in [-0.3, -0.25) is 9.59 Å². The van der Waals surface area contributed by atoms with Gasteiger partial charge >= 0.3 is 0 Å². The molecule has 0 saturated carbocycles. The molecule has 0 spiro atoms. The van der Waals surface area contributed by atoms with Crippen molar-refractivity contribution in [2.45, 2.75) is 16.0 Å². The zero-order valence-electron chi connectivity index (χ0n) is 16.8. The third kappa shape index (κ3) is 5.15. The summed E-state index contributed by atoms with van der Waals surface area (Å²) in [5.74, 6) is 0.445. The molecule has 0 aliphatic carbocycles. The van der Waals surface area contributed by atoms with Crippen LogP contribution < -0.4 is 5.32 Å². The monoisotopic (exact) mass is 455 g/mol. The molecule has 2 amide bonds. The first-order valence-electron chi connectivity index (χ1n) is 9.69. The molecular weight excluding hydrogens is 434 g/mol. The number of aromatic nitrogens is 2. The Bertz CT molecular complexity index is 1080. The molecule has 2 aromatic heterocycles. The molecule has 0 bridgehead atoms. The van der Waals surface area contributed by atoms with Gasteiger partial charge in [0.1, 0.15) is 11.6 Å². The fourth-order valence-corrected chi connectivity index (χ4v) is 5.07. The quantitative estimate of drug-likeness (QED) is 0.608. The molecular formula is C21H21N5O3S2. The maximum atomic E-state index is 12.9. The van der Waals surface area contributed by atoms with Crippen LogP contribution in [0.4, 0.5) is 10.9 Å². The van der Waals surface area contributed by atoms with Gasteiger partial charge in [-0.15, -0.1) is 0 Å². The molecule has 1 aliphatic rings. The Balaban J connectivity index is 1.43. The number of anilines is 2. The summed E-state index contributed by atoms with van der Waals surface area (Å²) >= 11 is 2.95. The van der Waals surface area contributed by atoms with Crippen molar-refractivity contribution in [1.29, 1.82) is 0 Å². The van der Waals surface area contributed by atoms with Crippen LogP contribution in [0.1, 0.15) is 17.3 Å². The zero-order valence-corrected chi connectivity index (χ0v) is 18.4. The van der Waals surface area contributed by atoms with Crippen LogP contribution in [0.3, 0.4) is 0 Å². The number of benzene rings is 1. The molecule has 1 aromatic carbocycles. The van der Waals surface area contributed by atoms with Crippen LogP contribution in [-0.4, -0.2) is 62.9 Å². The number of aromatic hydroxyl groups is 1. The summed E-state index contributed by atoms with van der Waals surface area (Å²) in [6.45, 7) is 3.44. The van der Waals surface area contributed by atoms with Gasteiger partial charge < -0.3 is 20.2 Å². The van der Waals surface area contributed by atoms with Crippen molar-refractivity contribution in [2.24, 2.45) is 0 Å². The number of nitrogens with one attached hydrogen (secondary N) is 1. The van der Waals surface area contributed by atoms with E-state index in [0.29, 0.717) is 26.2 Å². The number of thiazole rings is 1. The predicted molar refractivity (Wildman–Crippen MR) is 120 cm³/mol. The summed E-state index contributed by atoms with van der Waals surface area (Å²) in [6.07, 6.45) is 3.47. The van der Waals surface area contributed by atoms with E-state index in [0.717, 1.165) is 20.1 Å². The fraction of sp³-hybridized carbons (Fsp3) is 0.238. The minimum atomic E-state index is -0.232. The van der Waals surface area contributed by atoms with Crippen LogP contribution >= 0.6 is 23.1 Å². The van der Waals surface area contributed by atoms with Crippen LogP contribution in [0.15, 0.2) is 57.9 Å². The number of rotatable bonds is 5. The van der Waals surface area contributed by atoms with Crippen molar-refractivity contribution in [3.63, 3.8) is 0 Å². The topological polar surface area (TPSA) is 98.7 Å². The first-order valence-corrected chi connectivity index (χ1v) is 11.3. The molecule has 8 nitrogen and oxygen atoms in total. The molecule has 0 atom stereocenters. The van der Waals surface area contributed by atoms with E-state index in [1.165, 1.54) is 36.1 Å². The molecule has 0 unspecified atom stereocenters. The fourth-order valence-electron chi connectivity index (χ4n) is 3.17. The zero-order chi connectivity index (χ0) is 21.8. The standard InChI is InChI=1S/C21H21N5O3S2/c1-14(27)25-8-10-26(11-9-25)20(29)16-12-15(5-6-17(16)28)30-19-13-23-21(31-19)24-18-4-2-3-7-22-18/h2-7,12-13,28H,8-11H2,1H3,(H,22,23,24). The Labute approximate surface area is 187 Å². The van der Waals surface area contributed by atoms with Crippen molar-refractivity contribution in [3.05, 3.63) is 54.4 Å². The van der Waals surface area contributed by atoms with Gasteiger partial charge in [-0.05, 0) is 30.3 Å². The van der Waals surface area contributed by atoms with Gasteiger partial charge in [-0.2, -0.15) is 0 Å². The van der Waals surface area contributed by atoms with Crippen LogP contribution in [0.25, 0.3) is 0 Å². The number of hydrogen-bond donors (Lipinski definition) is 2. The van der Waals surface area contributed by atoms with Gasteiger partial charge in [0.2, 0.25) is 5.91 Å². The highest BCUT2D eigenvalue weighted by molar-refractivity contribution is 8.01. The highest BCUT2D eigenvalue weighted by Crippen LogP contribution is 2.36. The lowest BCUT2D eigenvalue weighted by Crippen LogP contribution is -2.50. The first kappa shape index (κ1) is 21.1. The van der Waals surface area contributed by atoms with E-state index in [2.05, 4.69) is 15.3 Å². The van der Waals surface area contributed by atoms with Crippen molar-refractivity contribution in [3.8, 4) is 5.75 Å². The highest BCUT2D eigenvalue weighted by Gasteiger charge is 2.25. The lowest BCUT2D eigenvalue weighted by molar-refractivity contribution is -0.130. The van der Waals surface area contributed by atoms with Crippen molar-refractivity contribution >= 4 is 45.9 Å². The number of phenolic OH excluding ortho intramolecular Hbond substituents is 1. The lowest BCUT2D eigenvalue weighted by Gasteiger charge is -2.34. The van der Waals surface area contributed by atoms with Crippen LogP contribution in [0, 0.1) is 0 Å². The van der Waals surface area contributed by atoms with Gasteiger partial charge in [-0.1, -0.05) is 29.2 Å². The van der Waals surface area contributed by atoms with Crippen LogP contribution in [0.2, 0.25) is 0 Å². The molecule has 10 heteroatoms. The number of pyridine rings is 1. The van der Waals surface area contributed by atoms with Crippen molar-refractivity contribution < 1.29 is 14.7 Å². The number of piperazine rings is 1. The molecule has 31 heavy (non-hydrogen) atoms. The maximum Gasteiger partial charge on any atom is 0.257 e. The number of amides is 2. The summed E-state index contributed by atoms with van der Waals surface area (Å²) in [7, 11) is 0. The Hall–Kier alpha value is -3.11. The van der Waals surface area contributed by atoms with Crippen LogP contribution in [0.5, 0.6) is 5.75 Å². The van der Waals surface area contributed by atoms with E-state index >= 15 is 0 Å². The summed E-state index contributed by atoms with van der Waals surface area (Å²) in [5.41, 5.74) is 0.262. The molecule has 3 heterocycles. The average molecular weight is 456 g/mol. The van der Waals surface area contributed by atoms with Crippen LogP contribution in [-0.2, 0) is 4.79 Å². The molecule has 4 rings (SSSR count). The van der Waals surface area contributed by atoms with E-state index in [1.807, 2.05) is 18.2 Å². The largest absolute Gasteiger partial charge is 0.507 e. The minimum absolute atomic E-state index is 0.00908. The predicted octanol–water partition coefficient (Wildman–Crippen LogP) is 3.44. The third-order valence-electron chi connectivity index (χ3n) is 4.81. The Morgan fingerprint density at radius 2 is 1.87 bits per heavy atom. The van der Waals surface area contributed by atoms with Crippen molar-refractivity contribution in [1.82, 2.24) is 19.8 Å². The summed E-state index contributed by atoms with van der Waals surface area (Å²) in [4.78, 5) is 37.2. The first-order chi connectivity index (χ1) is 15.0. The molecule has 1 saturated heterocycles. The number of nitrogens with zero attached hydrogens (tertiary/aromatic N) is 4. The molecule has 0 radical (unpaired) electrons. The number of carbonyl (C=O) groups is 2. The average Bonchev–Trinajstić information content (AvgIpc) is 3.22. The molecule has 2 N–H and O–H groups in total. The Morgan fingerprint density at radius 1 is 1.10 bits per heavy atom. The van der Waals surface area contributed by atoms with Gasteiger partial charge in [0.25, 0.3) is 5.91 Å². The number of phenols is 1. The third-order valence-corrected chi connectivity index (χ3v) is 6.82. The SMILES string of the molecule is CC(=O)N1CCN(C(=O)c2cc(Sc3cnc(Nc4ccccn4)s3)ccc2O)CC1. The van der Waals surface area contributed by atoms with Gasteiger partial charge in [0.05, 0.1) is 16.0 Å². The van der Waals surface area contributed by atoms with E-state index in [9.17, 15) is 14.7 Å². The highest BCUT2D eigenvalue weighted by atomic mass is 32.2. The lowest BCUT2D eigenvalue weighted by atomic mass is 10.1. The minimum Gasteiger partial charge on any atom is -0.507 e.